The molecule has 0 radical (unpaired) electrons. The van der Waals surface area contributed by atoms with Crippen LogP contribution in [0.2, 0.25) is 0 Å². The highest BCUT2D eigenvalue weighted by Crippen LogP contribution is 2.55. The number of hydrogen-bond donors (Lipinski definition) is 0. The normalized spacial score (nSPS) is 37.4. The second-order valence-corrected chi connectivity index (χ2v) is 5.91. The number of hydrogen-bond acceptors (Lipinski definition) is 3. The van der Waals surface area contributed by atoms with Crippen molar-refractivity contribution >= 4 is 0 Å². The minimum atomic E-state index is -0.159. The van der Waals surface area contributed by atoms with Crippen LogP contribution in [0.25, 0.3) is 0 Å². The molecule has 3 aliphatic rings. The van der Waals surface area contributed by atoms with Crippen LogP contribution in [-0.2, 0) is 4.74 Å². The third-order valence-electron chi connectivity index (χ3n) is 5.35. The second kappa shape index (κ2) is 4.26. The zero-order chi connectivity index (χ0) is 11.8. The van der Waals surface area contributed by atoms with Crippen molar-refractivity contribution in [3.8, 4) is 6.07 Å². The molecule has 3 nitrogen and oxygen atoms in total. The van der Waals surface area contributed by atoms with Crippen LogP contribution < -0.4 is 0 Å². The Morgan fingerprint density at radius 1 is 0.941 bits per heavy atom. The van der Waals surface area contributed by atoms with E-state index in [-0.39, 0.29) is 11.0 Å². The summed E-state index contributed by atoms with van der Waals surface area (Å²) in [7, 11) is 0. The van der Waals surface area contributed by atoms with E-state index in [0.717, 1.165) is 45.6 Å². The lowest BCUT2D eigenvalue weighted by Gasteiger charge is -2.48. The number of likely N-dealkylation sites (tertiary alicyclic amines) is 1. The average molecular weight is 234 g/mol. The van der Waals surface area contributed by atoms with Crippen LogP contribution in [0.5, 0.6) is 0 Å². The molecule has 1 unspecified atom stereocenters. The van der Waals surface area contributed by atoms with Crippen molar-refractivity contribution in [2.24, 2.45) is 5.41 Å². The Morgan fingerprint density at radius 3 is 2.29 bits per heavy atom. The Kier molecular flexibility index (Phi) is 2.88. The fourth-order valence-corrected chi connectivity index (χ4v) is 4.42. The lowest BCUT2D eigenvalue weighted by atomic mass is 9.66. The van der Waals surface area contributed by atoms with Gasteiger partial charge in [0.2, 0.25) is 0 Å². The maximum absolute atomic E-state index is 9.86. The van der Waals surface area contributed by atoms with Crippen molar-refractivity contribution in [2.75, 3.05) is 26.3 Å². The molecule has 0 aromatic carbocycles. The molecule has 1 saturated carbocycles. The first-order chi connectivity index (χ1) is 8.33. The second-order valence-electron chi connectivity index (χ2n) is 5.91. The van der Waals surface area contributed by atoms with E-state index in [1.165, 1.54) is 25.7 Å². The van der Waals surface area contributed by atoms with Gasteiger partial charge in [0.1, 0.15) is 5.54 Å². The van der Waals surface area contributed by atoms with Crippen molar-refractivity contribution in [1.29, 1.82) is 5.26 Å². The molecule has 1 spiro atoms. The average Bonchev–Trinajstić information content (AvgIpc) is 2.99. The summed E-state index contributed by atoms with van der Waals surface area (Å²) in [6, 6.07) is 2.75. The van der Waals surface area contributed by atoms with Crippen LogP contribution >= 0.6 is 0 Å². The molecule has 1 aliphatic carbocycles. The molecule has 0 aromatic rings. The quantitative estimate of drug-likeness (QED) is 0.698. The van der Waals surface area contributed by atoms with Crippen molar-refractivity contribution in [2.45, 2.75) is 50.5 Å². The summed E-state index contributed by atoms with van der Waals surface area (Å²) in [4.78, 5) is 2.51. The van der Waals surface area contributed by atoms with Gasteiger partial charge in [-0.2, -0.15) is 5.26 Å². The molecule has 0 N–H and O–H groups in total. The lowest BCUT2D eigenvalue weighted by molar-refractivity contribution is -0.0476. The molecular weight excluding hydrogens is 212 g/mol. The van der Waals surface area contributed by atoms with Crippen LogP contribution in [0.1, 0.15) is 44.9 Å². The first-order valence-corrected chi connectivity index (χ1v) is 7.07. The van der Waals surface area contributed by atoms with E-state index in [1.807, 2.05) is 0 Å². The largest absolute Gasteiger partial charge is 0.381 e. The van der Waals surface area contributed by atoms with Crippen molar-refractivity contribution in [1.82, 2.24) is 4.90 Å². The van der Waals surface area contributed by atoms with Crippen LogP contribution in [-0.4, -0.2) is 36.7 Å². The van der Waals surface area contributed by atoms with E-state index in [9.17, 15) is 5.26 Å². The molecule has 2 aliphatic heterocycles. The van der Waals surface area contributed by atoms with Gasteiger partial charge in [-0.1, -0.05) is 0 Å². The third kappa shape index (κ3) is 1.54. The molecular formula is C14H22N2O. The van der Waals surface area contributed by atoms with Gasteiger partial charge in [0.25, 0.3) is 0 Å². The Bertz CT molecular complexity index is 324. The maximum Gasteiger partial charge on any atom is 0.115 e. The Labute approximate surface area is 104 Å². The van der Waals surface area contributed by atoms with Gasteiger partial charge in [-0.05, 0) is 58.0 Å². The molecule has 2 heterocycles. The minimum absolute atomic E-state index is 0.159. The molecule has 94 valence electrons. The summed E-state index contributed by atoms with van der Waals surface area (Å²) >= 11 is 0. The van der Waals surface area contributed by atoms with Crippen LogP contribution in [0.15, 0.2) is 0 Å². The molecule has 3 fully saturated rings. The van der Waals surface area contributed by atoms with Crippen LogP contribution in [0, 0.1) is 16.7 Å². The smallest absolute Gasteiger partial charge is 0.115 e. The number of ether oxygens (including phenoxy) is 1. The van der Waals surface area contributed by atoms with E-state index < -0.39 is 0 Å². The van der Waals surface area contributed by atoms with E-state index >= 15 is 0 Å². The van der Waals surface area contributed by atoms with Gasteiger partial charge in [-0.3, -0.25) is 4.90 Å². The molecule has 2 saturated heterocycles. The Balaban J connectivity index is 1.93. The SMILES string of the molecule is N#CC1(N2CCCC2)CCCC12CCOCC2. The summed E-state index contributed by atoms with van der Waals surface area (Å²) in [6.07, 6.45) is 8.29. The molecule has 17 heavy (non-hydrogen) atoms. The number of rotatable bonds is 1. The highest BCUT2D eigenvalue weighted by Gasteiger charge is 2.58. The van der Waals surface area contributed by atoms with Crippen LogP contribution in [0.4, 0.5) is 0 Å². The van der Waals surface area contributed by atoms with Gasteiger partial charge >= 0.3 is 0 Å². The van der Waals surface area contributed by atoms with Crippen molar-refractivity contribution in [3.05, 3.63) is 0 Å². The first kappa shape index (κ1) is 11.5. The highest BCUT2D eigenvalue weighted by atomic mass is 16.5. The van der Waals surface area contributed by atoms with E-state index in [1.54, 1.807) is 0 Å². The van der Waals surface area contributed by atoms with E-state index in [4.69, 9.17) is 4.74 Å². The van der Waals surface area contributed by atoms with Gasteiger partial charge < -0.3 is 4.74 Å². The van der Waals surface area contributed by atoms with Crippen molar-refractivity contribution < 1.29 is 4.74 Å². The fourth-order valence-electron chi connectivity index (χ4n) is 4.42. The zero-order valence-electron chi connectivity index (χ0n) is 10.6. The predicted molar refractivity (Wildman–Crippen MR) is 65.5 cm³/mol. The summed E-state index contributed by atoms with van der Waals surface area (Å²) in [5, 5.41) is 9.86. The minimum Gasteiger partial charge on any atom is -0.381 e. The fraction of sp³-hybridized carbons (Fsp3) is 0.929. The summed E-state index contributed by atoms with van der Waals surface area (Å²) in [6.45, 7) is 3.99. The first-order valence-electron chi connectivity index (χ1n) is 7.07. The van der Waals surface area contributed by atoms with Gasteiger partial charge in [0.15, 0.2) is 0 Å². The topological polar surface area (TPSA) is 36.3 Å². The molecule has 1 atom stereocenters. The van der Waals surface area contributed by atoms with E-state index in [2.05, 4.69) is 11.0 Å². The molecule has 0 aromatic heterocycles. The predicted octanol–water partition coefficient (Wildman–Crippen LogP) is 2.33. The summed E-state index contributed by atoms with van der Waals surface area (Å²) in [5.41, 5.74) is 0.0810. The molecule has 0 amide bonds. The number of nitriles is 1. The molecule has 3 heteroatoms. The van der Waals surface area contributed by atoms with E-state index in [0.29, 0.717) is 0 Å². The lowest BCUT2D eigenvalue weighted by Crippen LogP contribution is -2.57. The summed E-state index contributed by atoms with van der Waals surface area (Å²) < 4.78 is 5.53. The zero-order valence-corrected chi connectivity index (χ0v) is 10.6. The Morgan fingerprint density at radius 2 is 1.65 bits per heavy atom. The Hall–Kier alpha value is -0.590. The molecule has 0 bridgehead atoms. The molecule has 3 rings (SSSR count). The van der Waals surface area contributed by atoms with Gasteiger partial charge in [0.05, 0.1) is 6.07 Å². The maximum atomic E-state index is 9.86. The number of nitrogens with zero attached hydrogens (tertiary/aromatic N) is 2. The van der Waals surface area contributed by atoms with Crippen molar-refractivity contribution in [3.63, 3.8) is 0 Å². The summed E-state index contributed by atoms with van der Waals surface area (Å²) in [5.74, 6) is 0. The highest BCUT2D eigenvalue weighted by molar-refractivity contribution is 5.22. The van der Waals surface area contributed by atoms with Crippen LogP contribution in [0.3, 0.4) is 0 Å². The standard InChI is InChI=1S/C14H22N2O/c15-12-14(16-8-1-2-9-16)5-3-4-13(14)6-10-17-11-7-13/h1-11H2. The monoisotopic (exact) mass is 234 g/mol. The van der Waals surface area contributed by atoms with Gasteiger partial charge in [0, 0.05) is 18.6 Å². The third-order valence-corrected chi connectivity index (χ3v) is 5.35. The van der Waals surface area contributed by atoms with Gasteiger partial charge in [-0.25, -0.2) is 0 Å². The van der Waals surface area contributed by atoms with Gasteiger partial charge in [-0.15, -0.1) is 0 Å².